The van der Waals surface area contributed by atoms with E-state index in [1.54, 1.807) is 26.4 Å². The Morgan fingerprint density at radius 2 is 2.04 bits per heavy atom. The number of ether oxygens (including phenoxy) is 2. The summed E-state index contributed by atoms with van der Waals surface area (Å²) < 4.78 is 10.2. The van der Waals surface area contributed by atoms with Gasteiger partial charge in [-0.1, -0.05) is 6.07 Å². The second-order valence-corrected chi connectivity index (χ2v) is 6.45. The average molecular weight is 492 g/mol. The Bertz CT molecular complexity index is 578. The Morgan fingerprint density at radius 1 is 1.30 bits per heavy atom. The lowest BCUT2D eigenvalue weighted by Crippen LogP contribution is -2.49. The van der Waals surface area contributed by atoms with E-state index < -0.39 is 0 Å². The maximum absolute atomic E-state index is 9.89. The van der Waals surface area contributed by atoms with Gasteiger partial charge in [-0.15, -0.1) is 24.0 Å². The third kappa shape index (κ3) is 8.10. The maximum atomic E-state index is 9.89. The van der Waals surface area contributed by atoms with Crippen LogP contribution < -0.4 is 15.4 Å². The van der Waals surface area contributed by atoms with Crippen LogP contribution in [-0.4, -0.2) is 69.0 Å². The van der Waals surface area contributed by atoms with Gasteiger partial charge in [-0.2, -0.15) is 0 Å². The molecule has 1 aromatic rings. The van der Waals surface area contributed by atoms with E-state index in [-0.39, 0.29) is 29.7 Å². The molecule has 1 saturated heterocycles. The Kier molecular flexibility index (Phi) is 11.5. The van der Waals surface area contributed by atoms with Crippen LogP contribution in [0.15, 0.2) is 23.2 Å². The highest BCUT2D eigenvalue weighted by Crippen LogP contribution is 2.26. The highest BCUT2D eigenvalue weighted by molar-refractivity contribution is 14.0. The standard InChI is InChI=1S/C19H32N4O3.HI/c1-4-20-19(21-14-15-5-6-18(26-3)17(24)13-15)22-16-7-9-23(10-8-16)11-12-25-2;/h5-6,13,16,24H,4,7-12,14H2,1-3H3,(H2,20,21,22);1H. The number of likely N-dealkylation sites (tertiary alicyclic amines) is 1. The normalized spacial score (nSPS) is 15.9. The lowest BCUT2D eigenvalue weighted by Gasteiger charge is -2.32. The van der Waals surface area contributed by atoms with Gasteiger partial charge in [0.2, 0.25) is 0 Å². The number of nitrogens with one attached hydrogen (secondary N) is 2. The van der Waals surface area contributed by atoms with Crippen molar-refractivity contribution in [3.63, 3.8) is 0 Å². The number of aliphatic imine (C=N–C) groups is 1. The van der Waals surface area contributed by atoms with Gasteiger partial charge in [-0.05, 0) is 37.5 Å². The van der Waals surface area contributed by atoms with E-state index in [2.05, 4.69) is 27.4 Å². The van der Waals surface area contributed by atoms with Gasteiger partial charge < -0.3 is 30.1 Å². The summed E-state index contributed by atoms with van der Waals surface area (Å²) >= 11 is 0. The van der Waals surface area contributed by atoms with Crippen LogP contribution in [0.2, 0.25) is 0 Å². The van der Waals surface area contributed by atoms with E-state index in [9.17, 15) is 5.11 Å². The van der Waals surface area contributed by atoms with Crippen molar-refractivity contribution in [3.8, 4) is 11.5 Å². The first-order valence-corrected chi connectivity index (χ1v) is 9.28. The van der Waals surface area contributed by atoms with E-state index >= 15 is 0 Å². The van der Waals surface area contributed by atoms with Gasteiger partial charge in [0.05, 0.1) is 20.3 Å². The van der Waals surface area contributed by atoms with E-state index in [0.717, 1.165) is 57.2 Å². The molecule has 0 amide bonds. The molecule has 8 heteroatoms. The van der Waals surface area contributed by atoms with Crippen molar-refractivity contribution in [2.75, 3.05) is 47.0 Å². The van der Waals surface area contributed by atoms with Crippen molar-refractivity contribution in [2.45, 2.75) is 32.4 Å². The number of guanidine groups is 1. The third-order valence-electron chi connectivity index (χ3n) is 4.55. The summed E-state index contributed by atoms with van der Waals surface area (Å²) in [6, 6.07) is 5.80. The zero-order valence-electron chi connectivity index (χ0n) is 16.5. The van der Waals surface area contributed by atoms with Gasteiger partial charge in [0, 0.05) is 39.3 Å². The van der Waals surface area contributed by atoms with Crippen molar-refractivity contribution in [2.24, 2.45) is 4.99 Å². The highest BCUT2D eigenvalue weighted by atomic mass is 127. The lowest BCUT2D eigenvalue weighted by atomic mass is 10.1. The number of rotatable bonds is 8. The number of hydrogen-bond acceptors (Lipinski definition) is 5. The first kappa shape index (κ1) is 23.8. The van der Waals surface area contributed by atoms with Crippen LogP contribution in [0.3, 0.4) is 0 Å². The van der Waals surface area contributed by atoms with Gasteiger partial charge in [0.15, 0.2) is 17.5 Å². The molecule has 27 heavy (non-hydrogen) atoms. The minimum Gasteiger partial charge on any atom is -0.504 e. The minimum absolute atomic E-state index is 0. The molecule has 1 fully saturated rings. The number of nitrogens with zero attached hydrogens (tertiary/aromatic N) is 2. The van der Waals surface area contributed by atoms with Crippen molar-refractivity contribution >= 4 is 29.9 Å². The van der Waals surface area contributed by atoms with E-state index in [4.69, 9.17) is 9.47 Å². The molecule has 1 aliphatic heterocycles. The van der Waals surface area contributed by atoms with Crippen LogP contribution >= 0.6 is 24.0 Å². The van der Waals surface area contributed by atoms with Crippen molar-refractivity contribution in [1.82, 2.24) is 15.5 Å². The van der Waals surface area contributed by atoms with Gasteiger partial charge >= 0.3 is 0 Å². The second kappa shape index (κ2) is 13.0. The summed E-state index contributed by atoms with van der Waals surface area (Å²) in [5, 5.41) is 16.7. The molecule has 0 radical (unpaired) electrons. The van der Waals surface area contributed by atoms with E-state index in [1.165, 1.54) is 0 Å². The summed E-state index contributed by atoms with van der Waals surface area (Å²) in [6.45, 7) is 7.31. The Labute approximate surface area is 179 Å². The molecule has 0 aromatic heterocycles. The molecule has 0 spiro atoms. The fourth-order valence-electron chi connectivity index (χ4n) is 3.04. The smallest absolute Gasteiger partial charge is 0.191 e. The van der Waals surface area contributed by atoms with Gasteiger partial charge in [-0.25, -0.2) is 4.99 Å². The van der Waals surface area contributed by atoms with Crippen LogP contribution in [0.5, 0.6) is 11.5 Å². The first-order valence-electron chi connectivity index (χ1n) is 9.28. The van der Waals surface area contributed by atoms with E-state index in [1.807, 2.05) is 6.07 Å². The molecule has 1 aromatic carbocycles. The number of methoxy groups -OCH3 is 2. The minimum atomic E-state index is 0. The first-order chi connectivity index (χ1) is 12.7. The molecule has 0 aliphatic carbocycles. The van der Waals surface area contributed by atoms with Gasteiger partial charge in [0.25, 0.3) is 0 Å². The largest absolute Gasteiger partial charge is 0.504 e. The number of hydrogen-bond donors (Lipinski definition) is 3. The van der Waals surface area contributed by atoms with Crippen LogP contribution in [0.25, 0.3) is 0 Å². The number of phenols is 1. The van der Waals surface area contributed by atoms with Crippen LogP contribution in [-0.2, 0) is 11.3 Å². The number of benzene rings is 1. The molecule has 0 saturated carbocycles. The molecule has 7 nitrogen and oxygen atoms in total. The predicted molar refractivity (Wildman–Crippen MR) is 119 cm³/mol. The van der Waals surface area contributed by atoms with Crippen LogP contribution in [0, 0.1) is 0 Å². The number of aromatic hydroxyl groups is 1. The number of piperidine rings is 1. The van der Waals surface area contributed by atoms with E-state index in [0.29, 0.717) is 18.3 Å². The highest BCUT2D eigenvalue weighted by Gasteiger charge is 2.19. The van der Waals surface area contributed by atoms with Crippen LogP contribution in [0.4, 0.5) is 0 Å². The summed E-state index contributed by atoms with van der Waals surface area (Å²) in [5.74, 6) is 1.43. The molecule has 1 heterocycles. The Balaban J connectivity index is 0.00000364. The third-order valence-corrected chi connectivity index (χ3v) is 4.55. The monoisotopic (exact) mass is 492 g/mol. The molecule has 154 valence electrons. The molecule has 3 N–H and O–H groups in total. The second-order valence-electron chi connectivity index (χ2n) is 6.45. The SMILES string of the molecule is CCNC(=NCc1ccc(OC)c(O)c1)NC1CCN(CCOC)CC1.I. The van der Waals surface area contributed by atoms with Crippen molar-refractivity contribution in [3.05, 3.63) is 23.8 Å². The van der Waals surface area contributed by atoms with Gasteiger partial charge in [-0.3, -0.25) is 0 Å². The maximum Gasteiger partial charge on any atom is 0.191 e. The zero-order valence-corrected chi connectivity index (χ0v) is 18.9. The summed E-state index contributed by atoms with van der Waals surface area (Å²) in [6.07, 6.45) is 2.19. The molecule has 0 atom stereocenters. The summed E-state index contributed by atoms with van der Waals surface area (Å²) in [4.78, 5) is 7.09. The number of phenolic OH excluding ortho intramolecular Hbond substituents is 1. The fraction of sp³-hybridized carbons (Fsp3) is 0.632. The number of halogens is 1. The predicted octanol–water partition coefficient (Wildman–Crippen LogP) is 2.18. The zero-order chi connectivity index (χ0) is 18.8. The molecule has 2 rings (SSSR count). The topological polar surface area (TPSA) is 78.4 Å². The fourth-order valence-corrected chi connectivity index (χ4v) is 3.04. The van der Waals surface area contributed by atoms with Gasteiger partial charge in [0.1, 0.15) is 0 Å². The molecular weight excluding hydrogens is 459 g/mol. The average Bonchev–Trinajstić information content (AvgIpc) is 2.66. The summed E-state index contributed by atoms with van der Waals surface area (Å²) in [7, 11) is 3.29. The Morgan fingerprint density at radius 3 is 2.63 bits per heavy atom. The van der Waals surface area contributed by atoms with Crippen LogP contribution in [0.1, 0.15) is 25.3 Å². The molecular formula is C19H33IN4O3. The van der Waals surface area contributed by atoms with Crippen molar-refractivity contribution < 1.29 is 14.6 Å². The molecule has 0 unspecified atom stereocenters. The summed E-state index contributed by atoms with van der Waals surface area (Å²) in [5.41, 5.74) is 0.940. The van der Waals surface area contributed by atoms with Crippen molar-refractivity contribution in [1.29, 1.82) is 0 Å². The quantitative estimate of drug-likeness (QED) is 0.294. The molecule has 0 bridgehead atoms. The molecule has 1 aliphatic rings. The lowest BCUT2D eigenvalue weighted by molar-refractivity contribution is 0.128. The Hall–Kier alpha value is -1.26.